The van der Waals surface area contributed by atoms with Crippen molar-refractivity contribution in [1.82, 2.24) is 0 Å². The lowest BCUT2D eigenvalue weighted by molar-refractivity contribution is -0.526. The highest BCUT2D eigenvalue weighted by molar-refractivity contribution is 5.98. The van der Waals surface area contributed by atoms with Crippen LogP contribution in [0.15, 0.2) is 78.9 Å². The van der Waals surface area contributed by atoms with Gasteiger partial charge in [-0.15, -0.1) is 0 Å². The molecule has 0 saturated carbocycles. The smallest absolute Gasteiger partial charge is 0.471 e. The van der Waals surface area contributed by atoms with Crippen LogP contribution in [-0.4, -0.2) is 37.3 Å². The Hall–Kier alpha value is -4.08. The molecular formula is C25H23F3N2O5. The fourth-order valence-electron chi connectivity index (χ4n) is 3.88. The lowest BCUT2D eigenvalue weighted by atomic mass is 9.91. The van der Waals surface area contributed by atoms with Crippen LogP contribution in [0.1, 0.15) is 17.2 Å². The number of halogens is 3. The molecule has 184 valence electrons. The van der Waals surface area contributed by atoms with Crippen molar-refractivity contribution < 1.29 is 32.4 Å². The molecule has 35 heavy (non-hydrogen) atoms. The molecule has 7 nitrogen and oxygen atoms in total. The highest BCUT2D eigenvalue weighted by Crippen LogP contribution is 2.37. The molecule has 0 N–H and O–H groups in total. The van der Waals surface area contributed by atoms with Crippen molar-refractivity contribution >= 4 is 11.6 Å². The number of alkyl halides is 3. The van der Waals surface area contributed by atoms with Crippen LogP contribution in [0.4, 0.5) is 18.9 Å². The van der Waals surface area contributed by atoms with Crippen molar-refractivity contribution in [2.75, 3.05) is 19.1 Å². The van der Waals surface area contributed by atoms with E-state index in [1.807, 2.05) is 0 Å². The second-order valence-electron chi connectivity index (χ2n) is 7.60. The fourth-order valence-corrected chi connectivity index (χ4v) is 3.88. The fraction of sp³-hybridized carbons (Fsp3) is 0.240. The molecule has 0 radical (unpaired) electrons. The van der Waals surface area contributed by atoms with Gasteiger partial charge in [0.2, 0.25) is 6.04 Å². The molecular weight excluding hydrogens is 465 g/mol. The van der Waals surface area contributed by atoms with Crippen molar-refractivity contribution in [2.45, 2.75) is 24.7 Å². The highest BCUT2D eigenvalue weighted by Gasteiger charge is 2.50. The monoisotopic (exact) mass is 488 g/mol. The van der Waals surface area contributed by atoms with Crippen LogP contribution < -0.4 is 14.4 Å². The van der Waals surface area contributed by atoms with E-state index in [0.717, 1.165) is 0 Å². The summed E-state index contributed by atoms with van der Waals surface area (Å²) in [4.78, 5) is 24.9. The van der Waals surface area contributed by atoms with Gasteiger partial charge < -0.3 is 9.47 Å². The molecule has 0 aliphatic carbocycles. The normalized spacial score (nSPS) is 12.9. The molecule has 0 aromatic heterocycles. The van der Waals surface area contributed by atoms with Crippen molar-refractivity contribution in [3.8, 4) is 11.5 Å². The van der Waals surface area contributed by atoms with Gasteiger partial charge in [0.05, 0.1) is 14.2 Å². The minimum Gasteiger partial charge on any atom is -0.497 e. The Labute approximate surface area is 199 Å². The van der Waals surface area contributed by atoms with Crippen LogP contribution in [-0.2, 0) is 11.2 Å². The van der Waals surface area contributed by atoms with Gasteiger partial charge in [0, 0.05) is 22.6 Å². The Kier molecular flexibility index (Phi) is 7.95. The van der Waals surface area contributed by atoms with E-state index in [4.69, 9.17) is 9.47 Å². The Balaban J connectivity index is 2.22. The van der Waals surface area contributed by atoms with Crippen LogP contribution in [0.3, 0.4) is 0 Å². The minimum absolute atomic E-state index is 0.158. The molecule has 3 aromatic rings. The standard InChI is InChI=1S/C25H23F3N2O5/c1-34-20-14-12-19(13-15-20)29(24(31)25(26,27)28)23(17-8-4-3-5-9-17)21(30(32)33)16-18-10-6-7-11-22(18)35-2/h3-15,21,23H,16H2,1-2H3/t21-,23+/m0/s1. The SMILES string of the molecule is COc1ccc(N(C(=O)C(F)(F)F)[C@H](c2ccccc2)[C@H](Cc2ccccc2OC)[N+](=O)[O-])cc1. The molecule has 0 saturated heterocycles. The van der Waals surface area contributed by atoms with Crippen molar-refractivity contribution in [1.29, 1.82) is 0 Å². The number of ether oxygens (including phenoxy) is 2. The summed E-state index contributed by atoms with van der Waals surface area (Å²) < 4.78 is 51.8. The third-order valence-electron chi connectivity index (χ3n) is 5.49. The highest BCUT2D eigenvalue weighted by atomic mass is 19.4. The summed E-state index contributed by atoms with van der Waals surface area (Å²) in [6.07, 6.45) is -5.56. The van der Waals surface area contributed by atoms with Gasteiger partial charge in [-0.3, -0.25) is 19.8 Å². The van der Waals surface area contributed by atoms with Gasteiger partial charge in [-0.05, 0) is 35.9 Å². The van der Waals surface area contributed by atoms with E-state index in [0.29, 0.717) is 22.0 Å². The molecule has 3 aromatic carbocycles. The van der Waals surface area contributed by atoms with Gasteiger partial charge >= 0.3 is 12.1 Å². The summed E-state index contributed by atoms with van der Waals surface area (Å²) in [5, 5.41) is 12.4. The molecule has 0 fully saturated rings. The minimum atomic E-state index is -5.28. The molecule has 0 spiro atoms. The average Bonchev–Trinajstić information content (AvgIpc) is 2.86. The van der Waals surface area contributed by atoms with Crippen LogP contribution in [0.2, 0.25) is 0 Å². The number of carbonyl (C=O) groups excluding carboxylic acids is 1. The summed E-state index contributed by atoms with van der Waals surface area (Å²) in [6.45, 7) is 0. The Morgan fingerprint density at radius 2 is 1.54 bits per heavy atom. The zero-order valence-electron chi connectivity index (χ0n) is 18.9. The van der Waals surface area contributed by atoms with E-state index >= 15 is 0 Å². The maximum absolute atomic E-state index is 13.8. The summed E-state index contributed by atoms with van der Waals surface area (Å²) in [6, 6.07) is 16.2. The molecule has 2 atom stereocenters. The number of rotatable bonds is 9. The third kappa shape index (κ3) is 5.89. The largest absolute Gasteiger partial charge is 0.497 e. The van der Waals surface area contributed by atoms with E-state index in [9.17, 15) is 28.1 Å². The molecule has 0 aliphatic heterocycles. The first-order valence-electron chi connectivity index (χ1n) is 10.5. The van der Waals surface area contributed by atoms with E-state index in [1.54, 1.807) is 42.5 Å². The number of carbonyl (C=O) groups is 1. The maximum atomic E-state index is 13.8. The summed E-state index contributed by atoms with van der Waals surface area (Å²) in [5.74, 6) is -1.52. The molecule has 0 unspecified atom stereocenters. The van der Waals surface area contributed by atoms with Crippen LogP contribution in [0.5, 0.6) is 11.5 Å². The van der Waals surface area contributed by atoms with Gasteiger partial charge in [0.25, 0.3) is 0 Å². The van der Waals surface area contributed by atoms with E-state index in [1.165, 1.54) is 50.6 Å². The molecule has 3 rings (SSSR count). The van der Waals surface area contributed by atoms with Gasteiger partial charge in [-0.2, -0.15) is 13.2 Å². The second kappa shape index (κ2) is 10.9. The van der Waals surface area contributed by atoms with E-state index in [2.05, 4.69) is 0 Å². The summed E-state index contributed by atoms with van der Waals surface area (Å²) >= 11 is 0. The topological polar surface area (TPSA) is 81.9 Å². The number of methoxy groups -OCH3 is 2. The molecule has 0 bridgehead atoms. The van der Waals surface area contributed by atoms with Crippen LogP contribution in [0.25, 0.3) is 0 Å². The molecule has 0 heterocycles. The predicted octanol–water partition coefficient (Wildman–Crippen LogP) is 5.23. The Bertz CT molecular complexity index is 1150. The number of anilines is 1. The van der Waals surface area contributed by atoms with Crippen LogP contribution >= 0.6 is 0 Å². The molecule has 1 amide bonds. The maximum Gasteiger partial charge on any atom is 0.471 e. The van der Waals surface area contributed by atoms with Gasteiger partial charge in [-0.25, -0.2) is 0 Å². The summed E-state index contributed by atoms with van der Waals surface area (Å²) in [7, 11) is 2.78. The third-order valence-corrected chi connectivity index (χ3v) is 5.49. The number of hydrogen-bond acceptors (Lipinski definition) is 5. The van der Waals surface area contributed by atoms with Crippen molar-refractivity contribution in [2.24, 2.45) is 0 Å². The average molecular weight is 488 g/mol. The molecule has 10 heteroatoms. The van der Waals surface area contributed by atoms with E-state index < -0.39 is 29.1 Å². The van der Waals surface area contributed by atoms with Gasteiger partial charge in [-0.1, -0.05) is 48.5 Å². The number of hydrogen-bond donors (Lipinski definition) is 0. The Morgan fingerprint density at radius 3 is 2.09 bits per heavy atom. The number of para-hydroxylation sites is 1. The first-order valence-corrected chi connectivity index (χ1v) is 10.5. The number of amides is 1. The summed E-state index contributed by atoms with van der Waals surface area (Å²) in [5.41, 5.74) is 0.443. The van der Waals surface area contributed by atoms with Crippen molar-refractivity contribution in [3.05, 3.63) is 100 Å². The van der Waals surface area contributed by atoms with E-state index in [-0.39, 0.29) is 17.7 Å². The quantitative estimate of drug-likeness (QED) is 0.304. The van der Waals surface area contributed by atoms with Gasteiger partial charge in [0.1, 0.15) is 17.5 Å². The Morgan fingerprint density at radius 1 is 0.943 bits per heavy atom. The zero-order chi connectivity index (χ0) is 25.6. The first kappa shape index (κ1) is 25.5. The predicted molar refractivity (Wildman–Crippen MR) is 123 cm³/mol. The molecule has 0 aliphatic rings. The number of nitrogens with zero attached hydrogens (tertiary/aromatic N) is 2. The first-order chi connectivity index (χ1) is 16.7. The second-order valence-corrected chi connectivity index (χ2v) is 7.60. The number of benzene rings is 3. The zero-order valence-corrected chi connectivity index (χ0v) is 18.9. The lowest BCUT2D eigenvalue weighted by Gasteiger charge is -2.34. The number of nitro groups is 1. The van der Waals surface area contributed by atoms with Crippen LogP contribution in [0, 0.1) is 10.1 Å². The van der Waals surface area contributed by atoms with Crippen molar-refractivity contribution in [3.63, 3.8) is 0 Å². The van der Waals surface area contributed by atoms with Gasteiger partial charge in [0.15, 0.2) is 0 Å². The lowest BCUT2D eigenvalue weighted by Crippen LogP contribution is -2.49.